The lowest BCUT2D eigenvalue weighted by Crippen LogP contribution is -2.52. The van der Waals surface area contributed by atoms with E-state index >= 15 is 0 Å². The first-order chi connectivity index (χ1) is 7.64. The Balaban J connectivity index is 3.91. The van der Waals surface area contributed by atoms with Crippen molar-refractivity contribution in [3.8, 4) is 0 Å². The lowest BCUT2D eigenvalue weighted by Gasteiger charge is -2.31. The maximum atomic E-state index is 11.7. The molecule has 0 spiro atoms. The van der Waals surface area contributed by atoms with Crippen molar-refractivity contribution in [2.75, 3.05) is 20.3 Å². The van der Waals surface area contributed by atoms with Gasteiger partial charge in [0.15, 0.2) is 0 Å². The van der Waals surface area contributed by atoms with Gasteiger partial charge in [0.2, 0.25) is 5.91 Å². The van der Waals surface area contributed by atoms with E-state index in [4.69, 9.17) is 10.5 Å². The van der Waals surface area contributed by atoms with E-state index in [-0.39, 0.29) is 11.4 Å². The molecule has 0 aliphatic rings. The first-order valence-electron chi connectivity index (χ1n) is 6.14. The highest BCUT2D eigenvalue weighted by atomic mass is 16.5. The molecule has 0 rings (SSSR count). The molecule has 0 saturated carbocycles. The molecular formula is C12H26N2O2. The number of unbranched alkanes of at least 4 members (excludes halogenated alkanes) is 1. The van der Waals surface area contributed by atoms with Crippen LogP contribution in [0, 0.1) is 0 Å². The van der Waals surface area contributed by atoms with Crippen LogP contribution in [0.3, 0.4) is 0 Å². The fourth-order valence-electron chi connectivity index (χ4n) is 1.66. The summed E-state index contributed by atoms with van der Waals surface area (Å²) in [7, 11) is 1.67. The highest BCUT2D eigenvalue weighted by molar-refractivity contribution is 5.76. The number of hydrogen-bond acceptors (Lipinski definition) is 3. The van der Waals surface area contributed by atoms with Gasteiger partial charge in [0.25, 0.3) is 0 Å². The highest BCUT2D eigenvalue weighted by Crippen LogP contribution is 2.13. The molecule has 0 saturated heterocycles. The Morgan fingerprint density at radius 3 is 2.38 bits per heavy atom. The summed E-state index contributed by atoms with van der Waals surface area (Å²) in [5.74, 6) is 0.102. The van der Waals surface area contributed by atoms with Gasteiger partial charge in [-0.1, -0.05) is 13.8 Å². The van der Waals surface area contributed by atoms with Gasteiger partial charge in [-0.15, -0.1) is 0 Å². The van der Waals surface area contributed by atoms with Gasteiger partial charge < -0.3 is 15.8 Å². The third kappa shape index (κ3) is 5.47. The molecule has 0 fully saturated rings. The summed E-state index contributed by atoms with van der Waals surface area (Å²) >= 11 is 0. The van der Waals surface area contributed by atoms with Gasteiger partial charge in [0.1, 0.15) is 0 Å². The molecule has 96 valence electrons. The number of methoxy groups -OCH3 is 1. The molecular weight excluding hydrogens is 204 g/mol. The molecule has 0 radical (unpaired) electrons. The van der Waals surface area contributed by atoms with Crippen molar-refractivity contribution >= 4 is 5.91 Å². The Morgan fingerprint density at radius 1 is 1.31 bits per heavy atom. The number of carbonyl (C=O) groups excluding carboxylic acids is 1. The zero-order valence-electron chi connectivity index (χ0n) is 10.8. The number of hydrogen-bond donors (Lipinski definition) is 2. The van der Waals surface area contributed by atoms with Crippen LogP contribution >= 0.6 is 0 Å². The highest BCUT2D eigenvalue weighted by Gasteiger charge is 2.25. The Labute approximate surface area is 98.9 Å². The summed E-state index contributed by atoms with van der Waals surface area (Å²) in [4.78, 5) is 11.7. The second-order valence-electron chi connectivity index (χ2n) is 4.19. The Hall–Kier alpha value is -0.610. The first-order valence-corrected chi connectivity index (χ1v) is 6.14. The second-order valence-corrected chi connectivity index (χ2v) is 4.19. The summed E-state index contributed by atoms with van der Waals surface area (Å²) in [5.41, 5.74) is 5.51. The Morgan fingerprint density at radius 2 is 1.94 bits per heavy atom. The SMILES string of the molecule is CCC(CC)(CN)NC(=O)CCCCOC. The summed E-state index contributed by atoms with van der Waals surface area (Å²) in [6.45, 7) is 5.34. The Kier molecular flexibility index (Phi) is 8.21. The smallest absolute Gasteiger partial charge is 0.220 e. The van der Waals surface area contributed by atoms with Crippen molar-refractivity contribution < 1.29 is 9.53 Å². The normalized spacial score (nSPS) is 11.5. The number of carbonyl (C=O) groups is 1. The number of ether oxygens (including phenoxy) is 1. The number of nitrogens with two attached hydrogens (primary N) is 1. The topological polar surface area (TPSA) is 64.3 Å². The van der Waals surface area contributed by atoms with Crippen LogP contribution < -0.4 is 11.1 Å². The van der Waals surface area contributed by atoms with E-state index in [1.165, 1.54) is 0 Å². The minimum atomic E-state index is -0.210. The first kappa shape index (κ1) is 15.4. The van der Waals surface area contributed by atoms with Crippen LogP contribution in [0.1, 0.15) is 46.0 Å². The molecule has 0 atom stereocenters. The molecule has 0 aromatic heterocycles. The van der Waals surface area contributed by atoms with Gasteiger partial charge in [-0.3, -0.25) is 4.79 Å². The summed E-state index contributed by atoms with van der Waals surface area (Å²) < 4.78 is 4.94. The summed E-state index contributed by atoms with van der Waals surface area (Å²) in [6, 6.07) is 0. The van der Waals surface area contributed by atoms with Crippen LogP contribution in [-0.2, 0) is 9.53 Å². The van der Waals surface area contributed by atoms with Gasteiger partial charge in [-0.2, -0.15) is 0 Å². The average Bonchev–Trinajstić information content (AvgIpc) is 2.32. The standard InChI is InChI=1S/C12H26N2O2/c1-4-12(5-2,10-13)14-11(15)8-6-7-9-16-3/h4-10,13H2,1-3H3,(H,14,15). The van der Waals surface area contributed by atoms with Crippen LogP contribution in [0.25, 0.3) is 0 Å². The lowest BCUT2D eigenvalue weighted by molar-refractivity contribution is -0.123. The number of rotatable bonds is 9. The quantitative estimate of drug-likeness (QED) is 0.589. The molecule has 0 heterocycles. The predicted molar refractivity (Wildman–Crippen MR) is 66.2 cm³/mol. The van der Waals surface area contributed by atoms with Crippen molar-refractivity contribution in [3.05, 3.63) is 0 Å². The molecule has 0 aliphatic heterocycles. The molecule has 0 aromatic rings. The second kappa shape index (κ2) is 8.53. The van der Waals surface area contributed by atoms with Gasteiger partial charge in [-0.25, -0.2) is 0 Å². The van der Waals surface area contributed by atoms with E-state index in [0.29, 0.717) is 13.0 Å². The zero-order chi connectivity index (χ0) is 12.4. The van der Waals surface area contributed by atoms with Gasteiger partial charge >= 0.3 is 0 Å². The van der Waals surface area contributed by atoms with Crippen LogP contribution in [-0.4, -0.2) is 31.7 Å². The molecule has 0 aromatic carbocycles. The molecule has 16 heavy (non-hydrogen) atoms. The van der Waals surface area contributed by atoms with Crippen LogP contribution in [0.15, 0.2) is 0 Å². The molecule has 1 amide bonds. The zero-order valence-corrected chi connectivity index (χ0v) is 10.8. The van der Waals surface area contributed by atoms with Crippen LogP contribution in [0.5, 0.6) is 0 Å². The number of amides is 1. The van der Waals surface area contributed by atoms with E-state index in [2.05, 4.69) is 19.2 Å². The van der Waals surface area contributed by atoms with E-state index in [1.807, 2.05) is 0 Å². The van der Waals surface area contributed by atoms with Crippen LogP contribution in [0.4, 0.5) is 0 Å². The summed E-state index contributed by atoms with van der Waals surface area (Å²) in [5, 5.41) is 3.05. The fourth-order valence-corrected chi connectivity index (χ4v) is 1.66. The molecule has 4 nitrogen and oxygen atoms in total. The van der Waals surface area contributed by atoms with E-state index < -0.39 is 0 Å². The molecule has 0 aliphatic carbocycles. The maximum Gasteiger partial charge on any atom is 0.220 e. The predicted octanol–water partition coefficient (Wildman–Crippen LogP) is 1.44. The summed E-state index contributed by atoms with van der Waals surface area (Å²) in [6.07, 6.45) is 4.12. The van der Waals surface area contributed by atoms with E-state index in [9.17, 15) is 4.79 Å². The largest absolute Gasteiger partial charge is 0.385 e. The van der Waals surface area contributed by atoms with Crippen LogP contribution in [0.2, 0.25) is 0 Å². The lowest BCUT2D eigenvalue weighted by atomic mass is 9.92. The Bertz CT molecular complexity index is 183. The van der Waals surface area contributed by atoms with E-state index in [0.717, 1.165) is 32.3 Å². The fraction of sp³-hybridized carbons (Fsp3) is 0.917. The molecule has 3 N–H and O–H groups in total. The van der Waals surface area contributed by atoms with Gasteiger partial charge in [0.05, 0.1) is 5.54 Å². The third-order valence-electron chi connectivity index (χ3n) is 3.15. The molecule has 0 bridgehead atoms. The minimum absolute atomic E-state index is 0.102. The third-order valence-corrected chi connectivity index (χ3v) is 3.15. The van der Waals surface area contributed by atoms with Crippen molar-refractivity contribution in [2.24, 2.45) is 5.73 Å². The van der Waals surface area contributed by atoms with E-state index in [1.54, 1.807) is 7.11 Å². The number of nitrogens with one attached hydrogen (secondary N) is 1. The average molecular weight is 230 g/mol. The monoisotopic (exact) mass is 230 g/mol. The van der Waals surface area contributed by atoms with Crippen molar-refractivity contribution in [2.45, 2.75) is 51.5 Å². The van der Waals surface area contributed by atoms with Crippen molar-refractivity contribution in [1.82, 2.24) is 5.32 Å². The van der Waals surface area contributed by atoms with Gasteiger partial charge in [-0.05, 0) is 25.7 Å². The molecule has 0 unspecified atom stereocenters. The maximum absolute atomic E-state index is 11.7. The van der Waals surface area contributed by atoms with Crippen molar-refractivity contribution in [3.63, 3.8) is 0 Å². The van der Waals surface area contributed by atoms with Crippen molar-refractivity contribution in [1.29, 1.82) is 0 Å². The molecule has 4 heteroatoms. The minimum Gasteiger partial charge on any atom is -0.385 e. The van der Waals surface area contributed by atoms with Gasteiger partial charge in [0, 0.05) is 26.7 Å².